The molecule has 11 rings (SSSR count). The van der Waals surface area contributed by atoms with Crippen molar-refractivity contribution >= 4 is 60.2 Å². The summed E-state index contributed by atoms with van der Waals surface area (Å²) < 4.78 is 0. The van der Waals surface area contributed by atoms with E-state index >= 15 is 0 Å². The summed E-state index contributed by atoms with van der Waals surface area (Å²) in [6.07, 6.45) is 0. The van der Waals surface area contributed by atoms with Gasteiger partial charge in [-0.25, -0.2) is 0 Å². The normalized spacial score (nSPS) is 11.4. The summed E-state index contributed by atoms with van der Waals surface area (Å²) in [6.45, 7) is 0. The number of hydrogen-bond acceptors (Lipinski definition) is 1. The van der Waals surface area contributed by atoms with Crippen molar-refractivity contribution in [3.63, 3.8) is 0 Å². The lowest BCUT2D eigenvalue weighted by Gasteiger charge is -2.28. The van der Waals surface area contributed by atoms with Crippen molar-refractivity contribution in [3.8, 4) is 44.5 Å². The van der Waals surface area contributed by atoms with E-state index in [0.717, 1.165) is 22.6 Å². The topological polar surface area (TPSA) is 3.24 Å². The van der Waals surface area contributed by atoms with E-state index < -0.39 is 0 Å². The first kappa shape index (κ1) is 34.5. The number of nitrogens with zero attached hydrogens (tertiary/aromatic N) is 1. The van der Waals surface area contributed by atoms with Crippen molar-refractivity contribution in [1.82, 2.24) is 0 Å². The molecule has 0 aromatic heterocycles. The maximum absolute atomic E-state index is 2.42. The predicted molar refractivity (Wildman–Crippen MR) is 253 cm³/mol. The molecule has 0 bridgehead atoms. The standard InChI is InChI=1S/C58H39N/c1-3-15-40(16-4-1)41-29-32-45(33-30-41)59(58-38-37-49(42-17-5-2-6-18-42)51-25-11-12-26-57(51)58)46-21-13-20-44(39-46)48-23-9-10-24-50(48)52-27-14-28-53-55-34-31-43-19-7-8-22-47(43)54(55)35-36-56(52)53/h1-39H. The lowest BCUT2D eigenvalue weighted by atomic mass is 9.89. The van der Waals surface area contributed by atoms with Crippen LogP contribution in [-0.2, 0) is 0 Å². The minimum atomic E-state index is 1.10. The molecule has 0 atom stereocenters. The first-order valence-electron chi connectivity index (χ1n) is 20.3. The van der Waals surface area contributed by atoms with Crippen molar-refractivity contribution in [2.75, 3.05) is 4.90 Å². The average molecular weight is 750 g/mol. The maximum atomic E-state index is 2.42. The van der Waals surface area contributed by atoms with E-state index in [1.54, 1.807) is 0 Å². The minimum Gasteiger partial charge on any atom is -0.310 e. The number of hydrogen-bond donors (Lipinski definition) is 0. The molecule has 11 aromatic rings. The van der Waals surface area contributed by atoms with Crippen LogP contribution in [-0.4, -0.2) is 0 Å². The van der Waals surface area contributed by atoms with Gasteiger partial charge in [0.25, 0.3) is 0 Å². The first-order valence-corrected chi connectivity index (χ1v) is 20.3. The lowest BCUT2D eigenvalue weighted by Crippen LogP contribution is -2.11. The summed E-state index contributed by atoms with van der Waals surface area (Å²) in [4.78, 5) is 2.42. The van der Waals surface area contributed by atoms with Gasteiger partial charge in [-0.2, -0.15) is 0 Å². The Bertz CT molecular complexity index is 3310. The van der Waals surface area contributed by atoms with Crippen LogP contribution in [0.3, 0.4) is 0 Å². The molecule has 0 aliphatic carbocycles. The van der Waals surface area contributed by atoms with Crippen LogP contribution in [0.1, 0.15) is 0 Å². The van der Waals surface area contributed by atoms with Gasteiger partial charge in [-0.05, 0) is 113 Å². The summed E-state index contributed by atoms with van der Waals surface area (Å²) in [6, 6.07) is 86.2. The molecule has 1 heteroatoms. The summed E-state index contributed by atoms with van der Waals surface area (Å²) in [5.74, 6) is 0. The first-order chi connectivity index (χ1) is 29.3. The maximum Gasteiger partial charge on any atom is 0.0540 e. The molecule has 0 aliphatic rings. The van der Waals surface area contributed by atoms with E-state index in [1.165, 1.54) is 82.0 Å². The molecule has 11 aromatic carbocycles. The van der Waals surface area contributed by atoms with Gasteiger partial charge >= 0.3 is 0 Å². The van der Waals surface area contributed by atoms with Gasteiger partial charge in [-0.1, -0.05) is 206 Å². The van der Waals surface area contributed by atoms with Crippen LogP contribution in [0.5, 0.6) is 0 Å². The molecular weight excluding hydrogens is 711 g/mol. The predicted octanol–water partition coefficient (Wildman–Crippen LogP) is 16.4. The van der Waals surface area contributed by atoms with Gasteiger partial charge in [0.05, 0.1) is 5.69 Å². The van der Waals surface area contributed by atoms with E-state index in [9.17, 15) is 0 Å². The van der Waals surface area contributed by atoms with Crippen LogP contribution in [0.15, 0.2) is 237 Å². The highest BCUT2D eigenvalue weighted by Crippen LogP contribution is 2.45. The van der Waals surface area contributed by atoms with Crippen molar-refractivity contribution in [1.29, 1.82) is 0 Å². The summed E-state index contributed by atoms with van der Waals surface area (Å²) in [5, 5.41) is 10.1. The van der Waals surface area contributed by atoms with Crippen LogP contribution in [0.2, 0.25) is 0 Å². The van der Waals surface area contributed by atoms with Gasteiger partial charge in [-0.3, -0.25) is 0 Å². The highest BCUT2D eigenvalue weighted by Gasteiger charge is 2.19. The van der Waals surface area contributed by atoms with E-state index in [0.29, 0.717) is 0 Å². The monoisotopic (exact) mass is 749 g/mol. The third-order valence-electron chi connectivity index (χ3n) is 11.9. The Morgan fingerprint density at radius 2 is 0.746 bits per heavy atom. The van der Waals surface area contributed by atoms with Crippen molar-refractivity contribution in [2.45, 2.75) is 0 Å². The fraction of sp³-hybridized carbons (Fsp3) is 0. The zero-order valence-electron chi connectivity index (χ0n) is 32.5. The molecule has 0 saturated carbocycles. The van der Waals surface area contributed by atoms with E-state index in [4.69, 9.17) is 0 Å². The molecule has 0 unspecified atom stereocenters. The summed E-state index contributed by atoms with van der Waals surface area (Å²) >= 11 is 0. The average Bonchev–Trinajstić information content (AvgIpc) is 3.32. The molecular formula is C58H39N. The van der Waals surface area contributed by atoms with Crippen molar-refractivity contribution in [2.24, 2.45) is 0 Å². The second-order valence-electron chi connectivity index (χ2n) is 15.2. The van der Waals surface area contributed by atoms with Crippen LogP contribution < -0.4 is 4.90 Å². The van der Waals surface area contributed by atoms with E-state index in [-0.39, 0.29) is 0 Å². The molecule has 276 valence electrons. The van der Waals surface area contributed by atoms with E-state index in [1.807, 2.05) is 0 Å². The van der Waals surface area contributed by atoms with Crippen LogP contribution in [0.4, 0.5) is 17.1 Å². The molecule has 0 saturated heterocycles. The van der Waals surface area contributed by atoms with Gasteiger partial charge in [0, 0.05) is 16.8 Å². The molecule has 0 amide bonds. The Morgan fingerprint density at radius 1 is 0.220 bits per heavy atom. The molecule has 0 spiro atoms. The van der Waals surface area contributed by atoms with E-state index in [2.05, 4.69) is 241 Å². The Morgan fingerprint density at radius 3 is 1.56 bits per heavy atom. The summed E-state index contributed by atoms with van der Waals surface area (Å²) in [7, 11) is 0. The molecule has 0 N–H and O–H groups in total. The molecule has 1 nitrogen and oxygen atoms in total. The number of fused-ring (bicyclic) bond motifs is 6. The number of benzene rings is 11. The van der Waals surface area contributed by atoms with Gasteiger partial charge < -0.3 is 4.90 Å². The van der Waals surface area contributed by atoms with Gasteiger partial charge in [0.2, 0.25) is 0 Å². The molecule has 0 aliphatic heterocycles. The van der Waals surface area contributed by atoms with Crippen LogP contribution >= 0.6 is 0 Å². The van der Waals surface area contributed by atoms with Gasteiger partial charge in [-0.15, -0.1) is 0 Å². The molecule has 0 heterocycles. The zero-order valence-corrected chi connectivity index (χ0v) is 32.5. The zero-order chi connectivity index (χ0) is 39.1. The Labute approximate surface area is 344 Å². The number of rotatable bonds is 7. The highest BCUT2D eigenvalue weighted by atomic mass is 15.1. The quantitative estimate of drug-likeness (QED) is 0.147. The fourth-order valence-corrected chi connectivity index (χ4v) is 9.08. The second-order valence-corrected chi connectivity index (χ2v) is 15.2. The number of anilines is 3. The molecule has 59 heavy (non-hydrogen) atoms. The third-order valence-corrected chi connectivity index (χ3v) is 11.9. The Hall–Kier alpha value is -7.74. The van der Waals surface area contributed by atoms with Crippen LogP contribution in [0, 0.1) is 0 Å². The lowest BCUT2D eigenvalue weighted by molar-refractivity contribution is 1.30. The third kappa shape index (κ3) is 6.12. The molecule has 0 fully saturated rings. The molecule has 0 radical (unpaired) electrons. The van der Waals surface area contributed by atoms with Gasteiger partial charge in [0.15, 0.2) is 0 Å². The minimum absolute atomic E-state index is 1.10. The second kappa shape index (κ2) is 14.6. The smallest absolute Gasteiger partial charge is 0.0540 e. The van der Waals surface area contributed by atoms with Gasteiger partial charge in [0.1, 0.15) is 0 Å². The highest BCUT2D eigenvalue weighted by molar-refractivity contribution is 6.19. The Balaban J connectivity index is 1.08. The Kier molecular flexibility index (Phi) is 8.56. The largest absolute Gasteiger partial charge is 0.310 e. The van der Waals surface area contributed by atoms with Crippen molar-refractivity contribution < 1.29 is 0 Å². The van der Waals surface area contributed by atoms with Crippen LogP contribution in [0.25, 0.3) is 87.6 Å². The SMILES string of the molecule is c1ccc(-c2ccc(N(c3cccc(-c4ccccc4-c4cccc5c4ccc4c6ccccc6ccc54)c3)c3ccc(-c4ccccc4)c4ccccc34)cc2)cc1. The van der Waals surface area contributed by atoms with Crippen molar-refractivity contribution in [3.05, 3.63) is 237 Å². The summed E-state index contributed by atoms with van der Waals surface area (Å²) in [5.41, 5.74) is 13.0. The fourth-order valence-electron chi connectivity index (χ4n) is 9.08.